The van der Waals surface area contributed by atoms with Crippen molar-refractivity contribution in [3.05, 3.63) is 35.4 Å². The van der Waals surface area contributed by atoms with E-state index in [1.807, 2.05) is 0 Å². The van der Waals surface area contributed by atoms with Crippen molar-refractivity contribution >= 4 is 22.6 Å². The fraction of sp³-hybridized carbons (Fsp3) is 0.500. The van der Waals surface area contributed by atoms with Gasteiger partial charge in [-0.15, -0.1) is 0 Å². The largest absolute Gasteiger partial charge is 0.316 e. The first-order valence-corrected chi connectivity index (χ1v) is 6.67. The minimum atomic E-state index is 0.729. The number of hydrogen-bond acceptors (Lipinski definition) is 1. The summed E-state index contributed by atoms with van der Waals surface area (Å²) < 4.78 is 1.25. The van der Waals surface area contributed by atoms with E-state index < -0.39 is 0 Å². The molecule has 2 heteroatoms. The summed E-state index contributed by atoms with van der Waals surface area (Å²) in [5.41, 5.74) is 2.89. The van der Waals surface area contributed by atoms with E-state index >= 15 is 0 Å². The summed E-state index contributed by atoms with van der Waals surface area (Å²) in [6.45, 7) is 4.50. The van der Waals surface area contributed by atoms with Gasteiger partial charge >= 0.3 is 0 Å². The lowest BCUT2D eigenvalue weighted by atomic mass is 9.90. The van der Waals surface area contributed by atoms with Gasteiger partial charge in [-0.05, 0) is 24.9 Å². The molecular weight excluding hydrogens is 285 g/mol. The van der Waals surface area contributed by atoms with Crippen LogP contribution < -0.4 is 5.32 Å². The maximum absolute atomic E-state index is 3.49. The predicted molar refractivity (Wildman–Crippen MR) is 69.2 cm³/mol. The number of alkyl halides is 1. The van der Waals surface area contributed by atoms with Gasteiger partial charge in [-0.25, -0.2) is 0 Å². The molecule has 1 N–H and O–H groups in total. The minimum Gasteiger partial charge on any atom is -0.316 e. The highest BCUT2D eigenvalue weighted by Crippen LogP contribution is 2.29. The highest BCUT2D eigenvalue weighted by atomic mass is 127. The molecule has 0 amide bonds. The molecule has 2 unspecified atom stereocenters. The molecule has 0 bridgehead atoms. The molecule has 1 aliphatic heterocycles. The first-order chi connectivity index (χ1) is 6.81. The van der Waals surface area contributed by atoms with Crippen molar-refractivity contribution in [1.82, 2.24) is 5.32 Å². The van der Waals surface area contributed by atoms with Gasteiger partial charge < -0.3 is 5.32 Å². The molecule has 1 aromatic carbocycles. The Labute approximate surface area is 99.4 Å². The van der Waals surface area contributed by atoms with Crippen molar-refractivity contribution in [2.24, 2.45) is 5.92 Å². The van der Waals surface area contributed by atoms with E-state index in [2.05, 4.69) is 59.1 Å². The molecule has 0 aliphatic carbocycles. The topological polar surface area (TPSA) is 12.0 Å². The Balaban J connectivity index is 2.21. The van der Waals surface area contributed by atoms with Crippen molar-refractivity contribution in [2.45, 2.75) is 12.8 Å². The van der Waals surface area contributed by atoms with Crippen LogP contribution in [0.4, 0.5) is 0 Å². The summed E-state index contributed by atoms with van der Waals surface area (Å²) in [5.74, 6) is 1.55. The van der Waals surface area contributed by atoms with Crippen LogP contribution in [0.3, 0.4) is 0 Å². The zero-order valence-corrected chi connectivity index (χ0v) is 10.6. The molecule has 0 saturated carbocycles. The average molecular weight is 301 g/mol. The Hall–Kier alpha value is -0.0900. The minimum absolute atomic E-state index is 0.729. The second-order valence-electron chi connectivity index (χ2n) is 4.09. The van der Waals surface area contributed by atoms with Crippen LogP contribution in [0.2, 0.25) is 0 Å². The smallest absolute Gasteiger partial charge is 0.00421 e. The zero-order chi connectivity index (χ0) is 9.97. The second kappa shape index (κ2) is 4.62. The average Bonchev–Trinajstić information content (AvgIpc) is 2.65. The van der Waals surface area contributed by atoms with Crippen LogP contribution in [0, 0.1) is 12.8 Å². The third-order valence-electron chi connectivity index (χ3n) is 3.01. The van der Waals surface area contributed by atoms with Crippen molar-refractivity contribution in [3.8, 4) is 0 Å². The number of halogens is 1. The third-order valence-corrected chi connectivity index (χ3v) is 4.14. The molecule has 1 nitrogen and oxygen atoms in total. The van der Waals surface area contributed by atoms with Crippen molar-refractivity contribution in [2.75, 3.05) is 17.5 Å². The summed E-state index contributed by atoms with van der Waals surface area (Å²) in [5, 5.41) is 3.49. The molecule has 0 spiro atoms. The maximum atomic E-state index is 3.49. The van der Waals surface area contributed by atoms with Gasteiger partial charge in [0.1, 0.15) is 0 Å². The highest BCUT2D eigenvalue weighted by Gasteiger charge is 2.27. The predicted octanol–water partition coefficient (Wildman–Crippen LogP) is 2.73. The van der Waals surface area contributed by atoms with E-state index in [0.717, 1.165) is 18.4 Å². The molecule has 1 aromatic rings. The van der Waals surface area contributed by atoms with Crippen LogP contribution in [0.5, 0.6) is 0 Å². The molecule has 76 valence electrons. The zero-order valence-electron chi connectivity index (χ0n) is 8.46. The van der Waals surface area contributed by atoms with Gasteiger partial charge in [-0.3, -0.25) is 0 Å². The van der Waals surface area contributed by atoms with Gasteiger partial charge in [0.25, 0.3) is 0 Å². The number of nitrogens with one attached hydrogen (secondary N) is 1. The molecule has 0 radical (unpaired) electrons. The molecule has 1 heterocycles. The molecule has 2 rings (SSSR count). The van der Waals surface area contributed by atoms with Gasteiger partial charge in [0, 0.05) is 16.9 Å². The van der Waals surface area contributed by atoms with Crippen molar-refractivity contribution < 1.29 is 0 Å². The molecule has 1 saturated heterocycles. The lowest BCUT2D eigenvalue weighted by molar-refractivity contribution is 0.589. The lowest BCUT2D eigenvalue weighted by Crippen LogP contribution is -2.11. The first-order valence-electron chi connectivity index (χ1n) is 5.14. The van der Waals surface area contributed by atoms with E-state index in [9.17, 15) is 0 Å². The standard InChI is InChI=1S/C12H16IN/c1-9-3-2-4-10(5-9)12-8-14-7-11(12)6-13/h2-5,11-12,14H,6-8H2,1H3. The Morgan fingerprint density at radius 1 is 1.43 bits per heavy atom. The lowest BCUT2D eigenvalue weighted by Gasteiger charge is -2.16. The van der Waals surface area contributed by atoms with E-state index in [1.165, 1.54) is 22.1 Å². The quantitative estimate of drug-likeness (QED) is 0.654. The van der Waals surface area contributed by atoms with Crippen LogP contribution in [0.25, 0.3) is 0 Å². The Kier molecular flexibility index (Phi) is 3.44. The van der Waals surface area contributed by atoms with E-state index in [1.54, 1.807) is 0 Å². The summed E-state index contributed by atoms with van der Waals surface area (Å²) in [6.07, 6.45) is 0. The van der Waals surface area contributed by atoms with E-state index in [0.29, 0.717) is 0 Å². The van der Waals surface area contributed by atoms with Crippen molar-refractivity contribution in [3.63, 3.8) is 0 Å². The normalized spacial score (nSPS) is 26.7. The molecule has 0 aromatic heterocycles. The number of aryl methyl sites for hydroxylation is 1. The number of hydrogen-bond donors (Lipinski definition) is 1. The number of rotatable bonds is 2. The Morgan fingerprint density at radius 2 is 2.29 bits per heavy atom. The van der Waals surface area contributed by atoms with Gasteiger partial charge in [-0.1, -0.05) is 52.4 Å². The first kappa shape index (κ1) is 10.4. The van der Waals surface area contributed by atoms with Gasteiger partial charge in [0.15, 0.2) is 0 Å². The van der Waals surface area contributed by atoms with Gasteiger partial charge in [0.2, 0.25) is 0 Å². The molecule has 1 aliphatic rings. The molecule has 2 atom stereocenters. The van der Waals surface area contributed by atoms with Gasteiger partial charge in [-0.2, -0.15) is 0 Å². The van der Waals surface area contributed by atoms with Crippen LogP contribution in [-0.4, -0.2) is 17.5 Å². The van der Waals surface area contributed by atoms with Crippen LogP contribution in [0.1, 0.15) is 17.0 Å². The molecule has 1 fully saturated rings. The fourth-order valence-electron chi connectivity index (χ4n) is 2.19. The second-order valence-corrected chi connectivity index (χ2v) is 4.97. The van der Waals surface area contributed by atoms with Crippen molar-refractivity contribution in [1.29, 1.82) is 0 Å². The summed E-state index contributed by atoms with van der Waals surface area (Å²) in [4.78, 5) is 0. The Bertz CT molecular complexity index is 311. The highest BCUT2D eigenvalue weighted by molar-refractivity contribution is 14.1. The summed E-state index contributed by atoms with van der Waals surface area (Å²) >= 11 is 2.50. The van der Waals surface area contributed by atoms with Crippen LogP contribution in [0.15, 0.2) is 24.3 Å². The number of benzene rings is 1. The molecular formula is C12H16IN. The fourth-order valence-corrected chi connectivity index (χ4v) is 3.11. The van der Waals surface area contributed by atoms with E-state index in [4.69, 9.17) is 0 Å². The molecule has 14 heavy (non-hydrogen) atoms. The summed E-state index contributed by atoms with van der Waals surface area (Å²) in [6, 6.07) is 8.94. The van der Waals surface area contributed by atoms with Gasteiger partial charge in [0.05, 0.1) is 0 Å². The van der Waals surface area contributed by atoms with E-state index in [-0.39, 0.29) is 0 Å². The Morgan fingerprint density at radius 3 is 3.00 bits per heavy atom. The third kappa shape index (κ3) is 2.11. The SMILES string of the molecule is Cc1cccc(C2CNCC2CI)c1. The summed E-state index contributed by atoms with van der Waals surface area (Å²) in [7, 11) is 0. The van der Waals surface area contributed by atoms with Crippen LogP contribution in [-0.2, 0) is 0 Å². The maximum Gasteiger partial charge on any atom is 0.00421 e. The monoisotopic (exact) mass is 301 g/mol. The van der Waals surface area contributed by atoms with Crippen LogP contribution >= 0.6 is 22.6 Å².